The van der Waals surface area contributed by atoms with Crippen molar-refractivity contribution in [3.63, 3.8) is 0 Å². The molecule has 0 amide bonds. The van der Waals surface area contributed by atoms with Crippen LogP contribution in [0.2, 0.25) is 18.1 Å². The second-order valence-electron chi connectivity index (χ2n) is 5.99. The van der Waals surface area contributed by atoms with E-state index >= 15 is 0 Å². The van der Waals surface area contributed by atoms with E-state index in [1.165, 1.54) is 0 Å². The zero-order valence-electron chi connectivity index (χ0n) is 12.3. The highest BCUT2D eigenvalue weighted by Crippen LogP contribution is 2.37. The maximum atomic E-state index is 8.78. The maximum Gasteiger partial charge on any atom is 0.193 e. The Morgan fingerprint density at radius 1 is 1.29 bits per heavy atom. The molecule has 0 rings (SSSR count). The summed E-state index contributed by atoms with van der Waals surface area (Å²) in [4.78, 5) is 0. The van der Waals surface area contributed by atoms with E-state index in [1.807, 2.05) is 0 Å². The lowest BCUT2D eigenvalue weighted by molar-refractivity contribution is 0.219. The van der Waals surface area contributed by atoms with E-state index in [4.69, 9.17) is 9.53 Å². The molecule has 1 N–H and O–H groups in total. The average molecular weight is 256 g/mol. The molecule has 3 heteroatoms. The first-order valence-electron chi connectivity index (χ1n) is 6.51. The first-order valence-corrected chi connectivity index (χ1v) is 9.42. The van der Waals surface area contributed by atoms with Crippen molar-refractivity contribution in [2.75, 3.05) is 6.61 Å². The van der Waals surface area contributed by atoms with E-state index in [0.29, 0.717) is 0 Å². The average Bonchev–Trinajstić information content (AvgIpc) is 2.20. The molecule has 1 unspecified atom stereocenters. The highest BCUT2D eigenvalue weighted by molar-refractivity contribution is 6.74. The van der Waals surface area contributed by atoms with Crippen LogP contribution in [-0.4, -0.2) is 26.1 Å². The zero-order chi connectivity index (χ0) is 13.5. The summed E-state index contributed by atoms with van der Waals surface area (Å²) < 4.78 is 6.26. The summed E-state index contributed by atoms with van der Waals surface area (Å²) >= 11 is 0. The molecule has 0 radical (unpaired) electrons. The van der Waals surface area contributed by atoms with Crippen molar-refractivity contribution in [2.45, 2.75) is 71.2 Å². The fraction of sp³-hybridized carbons (Fsp3) is 0.857. The summed E-state index contributed by atoms with van der Waals surface area (Å²) in [5.74, 6) is 5.78. The third-order valence-corrected chi connectivity index (χ3v) is 7.89. The molecule has 0 fully saturated rings. The number of unbranched alkanes of at least 4 members (excludes halogenated alkanes) is 1. The van der Waals surface area contributed by atoms with Crippen LogP contribution in [0, 0.1) is 11.8 Å². The monoisotopic (exact) mass is 256 g/mol. The van der Waals surface area contributed by atoms with Crippen molar-refractivity contribution in [3.05, 3.63) is 0 Å². The Morgan fingerprint density at radius 3 is 2.29 bits per heavy atom. The van der Waals surface area contributed by atoms with Gasteiger partial charge in [-0.25, -0.2) is 0 Å². The molecule has 0 aromatic carbocycles. The molecule has 0 aliphatic rings. The minimum Gasteiger partial charge on any atom is -0.403 e. The molecule has 0 heterocycles. The van der Waals surface area contributed by atoms with Crippen molar-refractivity contribution in [2.24, 2.45) is 0 Å². The van der Waals surface area contributed by atoms with Crippen molar-refractivity contribution in [3.8, 4) is 11.8 Å². The molecular weight excluding hydrogens is 228 g/mol. The summed E-state index contributed by atoms with van der Waals surface area (Å²) in [6.07, 6.45) is 3.23. The second-order valence-corrected chi connectivity index (χ2v) is 10.7. The summed E-state index contributed by atoms with van der Waals surface area (Å²) in [6, 6.07) is 0. The minimum absolute atomic E-state index is 0.0111. The number of aliphatic hydroxyl groups is 1. The highest BCUT2D eigenvalue weighted by Gasteiger charge is 2.38. The third kappa shape index (κ3) is 6.26. The van der Waals surface area contributed by atoms with Gasteiger partial charge < -0.3 is 9.53 Å². The molecule has 0 saturated heterocycles. The molecule has 2 nitrogen and oxygen atoms in total. The molecule has 0 spiro atoms. The fourth-order valence-electron chi connectivity index (χ4n) is 1.24. The van der Waals surface area contributed by atoms with Crippen LogP contribution in [0.5, 0.6) is 0 Å². The van der Waals surface area contributed by atoms with E-state index in [2.05, 4.69) is 52.6 Å². The molecule has 0 bridgehead atoms. The van der Waals surface area contributed by atoms with Gasteiger partial charge in [-0.05, 0) is 24.6 Å². The highest BCUT2D eigenvalue weighted by atomic mass is 28.4. The van der Waals surface area contributed by atoms with Gasteiger partial charge in [0.25, 0.3) is 0 Å². The molecule has 0 aromatic rings. The van der Waals surface area contributed by atoms with Crippen LogP contribution in [0.25, 0.3) is 0 Å². The lowest BCUT2D eigenvalue weighted by Crippen LogP contribution is -2.43. The standard InChI is InChI=1S/C14H28O2Si/c1-7-8-10-13(11-9-12-15)16-17(5,6)14(2,3)4/h13,15H,7-8,10,12H2,1-6H3. The van der Waals surface area contributed by atoms with Crippen LogP contribution in [0.1, 0.15) is 47.0 Å². The van der Waals surface area contributed by atoms with Crippen molar-refractivity contribution in [1.82, 2.24) is 0 Å². The summed E-state index contributed by atoms with van der Waals surface area (Å²) in [7, 11) is -1.75. The maximum absolute atomic E-state index is 8.78. The van der Waals surface area contributed by atoms with Gasteiger partial charge in [0, 0.05) is 0 Å². The summed E-state index contributed by atoms with van der Waals surface area (Å²) in [5, 5.41) is 8.99. The van der Waals surface area contributed by atoms with Crippen LogP contribution in [0.4, 0.5) is 0 Å². The van der Waals surface area contributed by atoms with Crippen LogP contribution < -0.4 is 0 Å². The Hall–Kier alpha value is -0.303. The van der Waals surface area contributed by atoms with Crippen molar-refractivity contribution < 1.29 is 9.53 Å². The topological polar surface area (TPSA) is 29.5 Å². The summed E-state index contributed by atoms with van der Waals surface area (Å²) in [6.45, 7) is 13.3. The molecular formula is C14H28O2Si. The Balaban J connectivity index is 4.62. The van der Waals surface area contributed by atoms with Gasteiger partial charge in [0.15, 0.2) is 8.32 Å². The number of hydrogen-bond donors (Lipinski definition) is 1. The molecule has 0 aliphatic heterocycles. The first kappa shape index (κ1) is 16.7. The largest absolute Gasteiger partial charge is 0.403 e. The SMILES string of the molecule is CCCCC(C#CCO)O[Si](C)(C)C(C)(C)C. The van der Waals surface area contributed by atoms with Crippen LogP contribution in [0.15, 0.2) is 0 Å². The predicted octanol–water partition coefficient (Wildman–Crippen LogP) is 3.56. The number of hydrogen-bond acceptors (Lipinski definition) is 2. The summed E-state index contributed by atoms with van der Waals surface area (Å²) in [5.41, 5.74) is 0. The van der Waals surface area contributed by atoms with Crippen LogP contribution in [0.3, 0.4) is 0 Å². The predicted molar refractivity (Wildman–Crippen MR) is 76.5 cm³/mol. The molecule has 100 valence electrons. The number of rotatable bonds is 5. The van der Waals surface area contributed by atoms with Crippen LogP contribution in [-0.2, 0) is 4.43 Å². The van der Waals surface area contributed by atoms with Gasteiger partial charge in [-0.3, -0.25) is 0 Å². The van der Waals surface area contributed by atoms with Gasteiger partial charge in [-0.1, -0.05) is 52.4 Å². The van der Waals surface area contributed by atoms with E-state index in [9.17, 15) is 0 Å². The second kappa shape index (κ2) is 7.20. The fourth-order valence-corrected chi connectivity index (χ4v) is 2.48. The molecule has 17 heavy (non-hydrogen) atoms. The smallest absolute Gasteiger partial charge is 0.193 e. The van der Waals surface area contributed by atoms with E-state index in [-0.39, 0.29) is 17.7 Å². The minimum atomic E-state index is -1.75. The van der Waals surface area contributed by atoms with Crippen molar-refractivity contribution >= 4 is 8.32 Å². The van der Waals surface area contributed by atoms with Gasteiger partial charge in [-0.2, -0.15) is 0 Å². The van der Waals surface area contributed by atoms with E-state index in [0.717, 1.165) is 19.3 Å². The normalized spacial score (nSPS) is 14.1. The molecule has 0 aliphatic carbocycles. The lowest BCUT2D eigenvalue weighted by atomic mass is 10.2. The van der Waals surface area contributed by atoms with Gasteiger partial charge >= 0.3 is 0 Å². The Bertz CT molecular complexity index is 268. The lowest BCUT2D eigenvalue weighted by Gasteiger charge is -2.38. The molecule has 1 atom stereocenters. The van der Waals surface area contributed by atoms with Crippen LogP contribution >= 0.6 is 0 Å². The molecule has 0 saturated carbocycles. The Labute approximate surface area is 108 Å². The Morgan fingerprint density at radius 2 is 1.88 bits per heavy atom. The van der Waals surface area contributed by atoms with Crippen molar-refractivity contribution in [1.29, 1.82) is 0 Å². The van der Waals surface area contributed by atoms with Gasteiger partial charge in [0.2, 0.25) is 0 Å². The van der Waals surface area contributed by atoms with E-state index in [1.54, 1.807) is 0 Å². The Kier molecular flexibility index (Phi) is 7.07. The quantitative estimate of drug-likeness (QED) is 0.602. The van der Waals surface area contributed by atoms with Gasteiger partial charge in [0.1, 0.15) is 12.7 Å². The number of aliphatic hydroxyl groups excluding tert-OH is 1. The van der Waals surface area contributed by atoms with Gasteiger partial charge in [0.05, 0.1) is 0 Å². The first-order chi connectivity index (χ1) is 7.74. The third-order valence-electron chi connectivity index (χ3n) is 3.41. The van der Waals surface area contributed by atoms with E-state index < -0.39 is 8.32 Å². The zero-order valence-corrected chi connectivity index (χ0v) is 13.3. The molecule has 0 aromatic heterocycles. The van der Waals surface area contributed by atoms with Gasteiger partial charge in [-0.15, -0.1) is 0 Å².